The third kappa shape index (κ3) is 3.79. The number of carbonyl (C=O) groups is 2. The molecular formula is C22H30N2O2. The van der Waals surface area contributed by atoms with Crippen molar-refractivity contribution in [3.8, 4) is 0 Å². The van der Waals surface area contributed by atoms with Gasteiger partial charge in [0.15, 0.2) is 0 Å². The van der Waals surface area contributed by atoms with Crippen LogP contribution in [0.15, 0.2) is 24.3 Å². The Hall–Kier alpha value is -1.84. The molecule has 5 rings (SSSR count). The van der Waals surface area contributed by atoms with Gasteiger partial charge in [-0.1, -0.05) is 24.3 Å². The van der Waals surface area contributed by atoms with Crippen molar-refractivity contribution in [1.29, 1.82) is 0 Å². The minimum Gasteiger partial charge on any atom is -0.350 e. The largest absolute Gasteiger partial charge is 0.350 e. The number of amides is 2. The quantitative estimate of drug-likeness (QED) is 0.823. The van der Waals surface area contributed by atoms with Crippen molar-refractivity contribution in [3.05, 3.63) is 35.4 Å². The number of hydrogen-bond acceptors (Lipinski definition) is 2. The molecule has 140 valence electrons. The lowest BCUT2D eigenvalue weighted by molar-refractivity contribution is -0.131. The first-order valence-electron chi connectivity index (χ1n) is 10.1. The second-order valence-corrected chi connectivity index (χ2v) is 9.07. The summed E-state index contributed by atoms with van der Waals surface area (Å²) in [5.74, 6) is 2.49. The van der Waals surface area contributed by atoms with Crippen LogP contribution < -0.4 is 10.6 Å². The molecule has 4 saturated carbocycles. The highest BCUT2D eigenvalue weighted by Crippen LogP contribution is 2.61. The average Bonchev–Trinajstić information content (AvgIpc) is 2.57. The van der Waals surface area contributed by atoms with Gasteiger partial charge in [-0.3, -0.25) is 9.59 Å². The maximum Gasteiger partial charge on any atom is 0.239 e. The molecule has 4 nitrogen and oxygen atoms in total. The maximum absolute atomic E-state index is 12.5. The molecule has 4 heteroatoms. The van der Waals surface area contributed by atoms with E-state index in [0.29, 0.717) is 13.0 Å². The van der Waals surface area contributed by atoms with E-state index in [4.69, 9.17) is 0 Å². The summed E-state index contributed by atoms with van der Waals surface area (Å²) in [4.78, 5) is 24.5. The van der Waals surface area contributed by atoms with Crippen LogP contribution in [0.3, 0.4) is 0 Å². The molecule has 1 aromatic carbocycles. The Balaban J connectivity index is 1.23. The monoisotopic (exact) mass is 354 g/mol. The average molecular weight is 354 g/mol. The smallest absolute Gasteiger partial charge is 0.239 e. The van der Waals surface area contributed by atoms with Crippen LogP contribution in [0.4, 0.5) is 0 Å². The van der Waals surface area contributed by atoms with Crippen molar-refractivity contribution >= 4 is 11.8 Å². The Bertz CT molecular complexity index is 662. The van der Waals surface area contributed by atoms with Crippen LogP contribution in [0, 0.1) is 30.1 Å². The van der Waals surface area contributed by atoms with Crippen molar-refractivity contribution < 1.29 is 9.59 Å². The fourth-order valence-electron chi connectivity index (χ4n) is 6.15. The second-order valence-electron chi connectivity index (χ2n) is 9.07. The zero-order chi connectivity index (χ0) is 18.1. The first kappa shape index (κ1) is 17.6. The molecule has 2 amide bonds. The molecule has 1 aromatic rings. The number of benzene rings is 1. The van der Waals surface area contributed by atoms with E-state index >= 15 is 0 Å². The molecule has 2 N–H and O–H groups in total. The van der Waals surface area contributed by atoms with Gasteiger partial charge in [-0.25, -0.2) is 0 Å². The summed E-state index contributed by atoms with van der Waals surface area (Å²) in [7, 11) is 0. The van der Waals surface area contributed by atoms with Gasteiger partial charge in [0.1, 0.15) is 0 Å². The summed E-state index contributed by atoms with van der Waals surface area (Å²) in [6.45, 7) is 2.63. The van der Waals surface area contributed by atoms with Crippen LogP contribution in [0.25, 0.3) is 0 Å². The Labute approximate surface area is 156 Å². The van der Waals surface area contributed by atoms with Gasteiger partial charge in [0.2, 0.25) is 11.8 Å². The van der Waals surface area contributed by atoms with Crippen LogP contribution in [-0.4, -0.2) is 18.4 Å². The molecule has 0 saturated heterocycles. The van der Waals surface area contributed by atoms with Gasteiger partial charge in [0.25, 0.3) is 0 Å². The summed E-state index contributed by atoms with van der Waals surface area (Å²) >= 11 is 0. The molecule has 0 heterocycles. The van der Waals surface area contributed by atoms with Crippen LogP contribution in [0.2, 0.25) is 0 Å². The number of rotatable bonds is 6. The highest BCUT2D eigenvalue weighted by molar-refractivity contribution is 5.85. The number of hydrogen-bond donors (Lipinski definition) is 2. The van der Waals surface area contributed by atoms with Crippen LogP contribution in [0.5, 0.6) is 0 Å². The SMILES string of the molecule is Cc1ccccc1CNC(=O)CNC(=O)CC12CC3CC(CC(C3)C1)C2. The zero-order valence-corrected chi connectivity index (χ0v) is 15.7. The molecule has 4 aliphatic rings. The molecule has 0 spiro atoms. The lowest BCUT2D eigenvalue weighted by Gasteiger charge is -2.56. The molecule has 0 unspecified atom stereocenters. The number of carbonyl (C=O) groups excluding carboxylic acids is 2. The minimum atomic E-state index is -0.118. The van der Waals surface area contributed by atoms with E-state index in [1.165, 1.54) is 44.1 Å². The van der Waals surface area contributed by atoms with Crippen molar-refractivity contribution in [2.75, 3.05) is 6.54 Å². The summed E-state index contributed by atoms with van der Waals surface area (Å²) in [6.07, 6.45) is 8.47. The first-order valence-corrected chi connectivity index (χ1v) is 10.1. The normalized spacial score (nSPS) is 31.7. The van der Waals surface area contributed by atoms with E-state index in [1.807, 2.05) is 31.2 Å². The summed E-state index contributed by atoms with van der Waals surface area (Å²) in [6, 6.07) is 8.02. The molecular weight excluding hydrogens is 324 g/mol. The van der Waals surface area contributed by atoms with Crippen molar-refractivity contribution in [2.45, 2.75) is 58.4 Å². The van der Waals surface area contributed by atoms with Crippen molar-refractivity contribution in [2.24, 2.45) is 23.2 Å². The topological polar surface area (TPSA) is 58.2 Å². The molecule has 4 bridgehead atoms. The zero-order valence-electron chi connectivity index (χ0n) is 15.7. The van der Waals surface area contributed by atoms with Gasteiger partial charge in [-0.2, -0.15) is 0 Å². The lowest BCUT2D eigenvalue weighted by Crippen LogP contribution is -2.48. The Morgan fingerprint density at radius 1 is 0.962 bits per heavy atom. The first-order chi connectivity index (χ1) is 12.5. The van der Waals surface area contributed by atoms with E-state index in [2.05, 4.69) is 10.6 Å². The fraction of sp³-hybridized carbons (Fsp3) is 0.636. The Morgan fingerprint density at radius 3 is 2.19 bits per heavy atom. The molecule has 0 atom stereocenters. The predicted octanol–water partition coefficient (Wildman–Crippen LogP) is 3.33. The van der Waals surface area contributed by atoms with Gasteiger partial charge >= 0.3 is 0 Å². The predicted molar refractivity (Wildman–Crippen MR) is 101 cm³/mol. The highest BCUT2D eigenvalue weighted by atomic mass is 16.2. The molecule has 4 fully saturated rings. The minimum absolute atomic E-state index is 0.0537. The van der Waals surface area contributed by atoms with Crippen molar-refractivity contribution in [1.82, 2.24) is 10.6 Å². The van der Waals surface area contributed by atoms with Gasteiger partial charge in [-0.15, -0.1) is 0 Å². The lowest BCUT2D eigenvalue weighted by atomic mass is 9.49. The summed E-state index contributed by atoms with van der Waals surface area (Å²) in [5.41, 5.74) is 2.51. The van der Waals surface area contributed by atoms with Crippen LogP contribution in [-0.2, 0) is 16.1 Å². The molecule has 4 aliphatic carbocycles. The van der Waals surface area contributed by atoms with E-state index in [1.54, 1.807) is 0 Å². The standard InChI is InChI=1S/C22H30N2O2/c1-15-4-2-3-5-19(15)13-23-21(26)14-24-20(25)12-22-9-16-6-17(10-22)8-18(7-16)11-22/h2-5,16-18H,6-14H2,1H3,(H,23,26)(H,24,25). The molecule has 0 aromatic heterocycles. The third-order valence-corrected chi connectivity index (χ3v) is 6.88. The van der Waals surface area contributed by atoms with E-state index in [9.17, 15) is 9.59 Å². The number of nitrogens with one attached hydrogen (secondary N) is 2. The van der Waals surface area contributed by atoms with Gasteiger partial charge in [0.05, 0.1) is 6.54 Å². The molecule has 0 aliphatic heterocycles. The second kappa shape index (κ2) is 7.05. The third-order valence-electron chi connectivity index (χ3n) is 6.88. The van der Waals surface area contributed by atoms with E-state index < -0.39 is 0 Å². The van der Waals surface area contributed by atoms with E-state index in [0.717, 1.165) is 23.3 Å². The van der Waals surface area contributed by atoms with E-state index in [-0.39, 0.29) is 23.8 Å². The Morgan fingerprint density at radius 2 is 1.58 bits per heavy atom. The summed E-state index contributed by atoms with van der Waals surface area (Å²) < 4.78 is 0. The number of aryl methyl sites for hydroxylation is 1. The fourth-order valence-corrected chi connectivity index (χ4v) is 6.15. The van der Waals surface area contributed by atoms with Gasteiger partial charge in [-0.05, 0) is 79.7 Å². The highest BCUT2D eigenvalue weighted by Gasteiger charge is 2.51. The Kier molecular flexibility index (Phi) is 4.76. The maximum atomic E-state index is 12.5. The van der Waals surface area contributed by atoms with Crippen LogP contribution in [0.1, 0.15) is 56.1 Å². The summed E-state index contributed by atoms with van der Waals surface area (Å²) in [5, 5.41) is 5.76. The van der Waals surface area contributed by atoms with Gasteiger partial charge < -0.3 is 10.6 Å². The van der Waals surface area contributed by atoms with Crippen LogP contribution >= 0.6 is 0 Å². The van der Waals surface area contributed by atoms with Gasteiger partial charge in [0, 0.05) is 13.0 Å². The molecule has 26 heavy (non-hydrogen) atoms. The van der Waals surface area contributed by atoms with Crippen molar-refractivity contribution in [3.63, 3.8) is 0 Å². The molecule has 0 radical (unpaired) electrons.